The van der Waals surface area contributed by atoms with Crippen molar-refractivity contribution in [1.82, 2.24) is 10.2 Å². The van der Waals surface area contributed by atoms with E-state index in [1.807, 2.05) is 0 Å². The van der Waals surface area contributed by atoms with Crippen molar-refractivity contribution in [2.45, 2.75) is 26.9 Å². The van der Waals surface area contributed by atoms with Gasteiger partial charge in [-0.05, 0) is 25.2 Å². The van der Waals surface area contributed by atoms with Gasteiger partial charge in [0.15, 0.2) is 0 Å². The van der Waals surface area contributed by atoms with Crippen LogP contribution in [0.4, 0.5) is 0 Å². The molecule has 0 heterocycles. The molecule has 0 bridgehead atoms. The highest BCUT2D eigenvalue weighted by Crippen LogP contribution is 2.13. The van der Waals surface area contributed by atoms with Crippen molar-refractivity contribution < 1.29 is 5.11 Å². The zero-order valence-electron chi connectivity index (χ0n) is 12.0. The summed E-state index contributed by atoms with van der Waals surface area (Å²) in [6.45, 7) is 6.96. The largest absolute Gasteiger partial charge is 0.396 e. The first-order chi connectivity index (χ1) is 8.44. The van der Waals surface area contributed by atoms with Crippen LogP contribution in [0.2, 0.25) is 0 Å². The molecule has 102 valence electrons. The van der Waals surface area contributed by atoms with Gasteiger partial charge < -0.3 is 15.3 Å². The van der Waals surface area contributed by atoms with Crippen LogP contribution >= 0.6 is 0 Å². The maximum atomic E-state index is 9.22. The molecule has 0 aliphatic rings. The highest BCUT2D eigenvalue weighted by molar-refractivity contribution is 5.26. The first-order valence-electron chi connectivity index (χ1n) is 6.48. The SMILES string of the molecule is CN(C)Cc1ccccc1CNCC(C)(C)CO. The number of aliphatic hydroxyl groups excluding tert-OH is 1. The number of aliphatic hydroxyl groups is 1. The summed E-state index contributed by atoms with van der Waals surface area (Å²) in [5.41, 5.74) is 2.63. The van der Waals surface area contributed by atoms with Gasteiger partial charge in [0.25, 0.3) is 0 Å². The molecule has 1 rings (SSSR count). The molecule has 0 atom stereocenters. The number of benzene rings is 1. The lowest BCUT2D eigenvalue weighted by molar-refractivity contribution is 0.156. The predicted molar refractivity (Wildman–Crippen MR) is 76.4 cm³/mol. The Kier molecular flexibility index (Phi) is 5.79. The third-order valence-corrected chi connectivity index (χ3v) is 2.95. The third kappa shape index (κ3) is 5.17. The lowest BCUT2D eigenvalue weighted by atomic mass is 9.95. The molecule has 0 spiro atoms. The Bertz CT molecular complexity index is 361. The Labute approximate surface area is 111 Å². The zero-order valence-corrected chi connectivity index (χ0v) is 12.0. The normalized spacial score (nSPS) is 12.1. The van der Waals surface area contributed by atoms with Crippen LogP contribution in [-0.2, 0) is 13.1 Å². The first-order valence-corrected chi connectivity index (χ1v) is 6.48. The lowest BCUT2D eigenvalue weighted by Gasteiger charge is -2.22. The molecule has 0 saturated carbocycles. The lowest BCUT2D eigenvalue weighted by Crippen LogP contribution is -2.32. The highest BCUT2D eigenvalue weighted by atomic mass is 16.3. The molecule has 0 fully saturated rings. The quantitative estimate of drug-likeness (QED) is 0.775. The molecule has 1 aromatic carbocycles. The van der Waals surface area contributed by atoms with E-state index in [1.165, 1.54) is 11.1 Å². The van der Waals surface area contributed by atoms with Gasteiger partial charge in [0, 0.05) is 31.7 Å². The molecule has 18 heavy (non-hydrogen) atoms. The summed E-state index contributed by atoms with van der Waals surface area (Å²) < 4.78 is 0. The summed E-state index contributed by atoms with van der Waals surface area (Å²) in [5.74, 6) is 0. The number of hydrogen-bond acceptors (Lipinski definition) is 3. The van der Waals surface area contributed by atoms with Crippen LogP contribution in [0.3, 0.4) is 0 Å². The van der Waals surface area contributed by atoms with Gasteiger partial charge >= 0.3 is 0 Å². The Morgan fingerprint density at radius 3 is 2.33 bits per heavy atom. The molecule has 0 unspecified atom stereocenters. The predicted octanol–water partition coefficient (Wildman–Crippen LogP) is 1.86. The average molecular weight is 250 g/mol. The monoisotopic (exact) mass is 250 g/mol. The molecule has 0 aliphatic carbocycles. The minimum atomic E-state index is -0.0590. The molecule has 3 nitrogen and oxygen atoms in total. The Morgan fingerprint density at radius 1 is 1.17 bits per heavy atom. The van der Waals surface area contributed by atoms with Gasteiger partial charge in [-0.1, -0.05) is 38.1 Å². The average Bonchev–Trinajstić information content (AvgIpc) is 2.30. The van der Waals surface area contributed by atoms with Crippen LogP contribution in [-0.4, -0.2) is 37.3 Å². The minimum absolute atomic E-state index is 0.0590. The maximum Gasteiger partial charge on any atom is 0.0494 e. The van der Waals surface area contributed by atoms with Crippen molar-refractivity contribution in [2.75, 3.05) is 27.2 Å². The van der Waals surface area contributed by atoms with E-state index in [0.717, 1.165) is 19.6 Å². The summed E-state index contributed by atoms with van der Waals surface area (Å²) in [6.07, 6.45) is 0. The van der Waals surface area contributed by atoms with E-state index < -0.39 is 0 Å². The molecule has 0 radical (unpaired) electrons. The van der Waals surface area contributed by atoms with Gasteiger partial charge in [-0.3, -0.25) is 0 Å². The van der Waals surface area contributed by atoms with Gasteiger partial charge in [-0.2, -0.15) is 0 Å². The van der Waals surface area contributed by atoms with Crippen molar-refractivity contribution in [1.29, 1.82) is 0 Å². The van der Waals surface area contributed by atoms with Crippen molar-refractivity contribution in [3.8, 4) is 0 Å². The van der Waals surface area contributed by atoms with E-state index in [0.29, 0.717) is 0 Å². The number of nitrogens with zero attached hydrogens (tertiary/aromatic N) is 1. The van der Waals surface area contributed by atoms with Crippen LogP contribution < -0.4 is 5.32 Å². The standard InChI is InChI=1S/C15H26N2O/c1-15(2,12-18)11-16-9-13-7-5-6-8-14(13)10-17(3)4/h5-8,16,18H,9-12H2,1-4H3. The molecule has 0 aliphatic heterocycles. The molecule has 3 heteroatoms. The number of rotatable bonds is 7. The fourth-order valence-electron chi connectivity index (χ4n) is 1.82. The van der Waals surface area contributed by atoms with Crippen LogP contribution in [0, 0.1) is 5.41 Å². The summed E-state index contributed by atoms with van der Waals surface area (Å²) in [4.78, 5) is 2.18. The topological polar surface area (TPSA) is 35.5 Å². The fourth-order valence-corrected chi connectivity index (χ4v) is 1.82. The fraction of sp³-hybridized carbons (Fsp3) is 0.600. The van der Waals surface area contributed by atoms with Crippen LogP contribution in [0.5, 0.6) is 0 Å². The highest BCUT2D eigenvalue weighted by Gasteiger charge is 2.15. The van der Waals surface area contributed by atoms with E-state index in [-0.39, 0.29) is 12.0 Å². The third-order valence-electron chi connectivity index (χ3n) is 2.95. The van der Waals surface area contributed by atoms with Gasteiger partial charge in [0.05, 0.1) is 0 Å². The summed E-state index contributed by atoms with van der Waals surface area (Å²) in [5, 5.41) is 12.6. The van der Waals surface area contributed by atoms with Gasteiger partial charge in [-0.25, -0.2) is 0 Å². The molecule has 0 saturated heterocycles. The Hall–Kier alpha value is -0.900. The smallest absolute Gasteiger partial charge is 0.0494 e. The van der Waals surface area contributed by atoms with Crippen LogP contribution in [0.15, 0.2) is 24.3 Å². The Balaban J connectivity index is 2.56. The van der Waals surface area contributed by atoms with Crippen molar-refractivity contribution >= 4 is 0 Å². The molecular weight excluding hydrogens is 224 g/mol. The van der Waals surface area contributed by atoms with Crippen molar-refractivity contribution in [2.24, 2.45) is 5.41 Å². The second-order valence-electron chi connectivity index (χ2n) is 5.93. The van der Waals surface area contributed by atoms with E-state index >= 15 is 0 Å². The minimum Gasteiger partial charge on any atom is -0.396 e. The molecule has 2 N–H and O–H groups in total. The summed E-state index contributed by atoms with van der Waals surface area (Å²) in [6, 6.07) is 8.50. The van der Waals surface area contributed by atoms with Crippen molar-refractivity contribution in [3.05, 3.63) is 35.4 Å². The molecule has 1 aromatic rings. The van der Waals surface area contributed by atoms with Gasteiger partial charge in [0.1, 0.15) is 0 Å². The second kappa shape index (κ2) is 6.88. The van der Waals surface area contributed by atoms with Gasteiger partial charge in [0.2, 0.25) is 0 Å². The second-order valence-corrected chi connectivity index (χ2v) is 5.93. The molecule has 0 aromatic heterocycles. The van der Waals surface area contributed by atoms with E-state index in [2.05, 4.69) is 62.4 Å². The van der Waals surface area contributed by atoms with Crippen LogP contribution in [0.25, 0.3) is 0 Å². The zero-order chi connectivity index (χ0) is 13.6. The van der Waals surface area contributed by atoms with Gasteiger partial charge in [-0.15, -0.1) is 0 Å². The van der Waals surface area contributed by atoms with Crippen molar-refractivity contribution in [3.63, 3.8) is 0 Å². The molecular formula is C15H26N2O. The van der Waals surface area contributed by atoms with E-state index in [9.17, 15) is 5.11 Å². The number of hydrogen-bond donors (Lipinski definition) is 2. The van der Waals surface area contributed by atoms with E-state index in [1.54, 1.807) is 0 Å². The summed E-state index contributed by atoms with van der Waals surface area (Å²) >= 11 is 0. The maximum absolute atomic E-state index is 9.22. The molecule has 0 amide bonds. The Morgan fingerprint density at radius 2 is 1.78 bits per heavy atom. The number of nitrogens with one attached hydrogen (secondary N) is 1. The summed E-state index contributed by atoms with van der Waals surface area (Å²) in [7, 11) is 4.16. The van der Waals surface area contributed by atoms with E-state index in [4.69, 9.17) is 0 Å². The van der Waals surface area contributed by atoms with Crippen LogP contribution in [0.1, 0.15) is 25.0 Å². The first kappa shape index (κ1) is 15.2.